The number of benzene rings is 2. The van der Waals surface area contributed by atoms with Crippen LogP contribution in [0.15, 0.2) is 71.3 Å². The summed E-state index contributed by atoms with van der Waals surface area (Å²) in [6.45, 7) is 3.81. The van der Waals surface area contributed by atoms with Gasteiger partial charge in [0.05, 0.1) is 32.1 Å². The second-order valence-corrected chi connectivity index (χ2v) is 8.03. The number of furan rings is 1. The lowest BCUT2D eigenvalue weighted by Crippen LogP contribution is -2.49. The van der Waals surface area contributed by atoms with Crippen molar-refractivity contribution in [3.63, 3.8) is 0 Å². The van der Waals surface area contributed by atoms with Gasteiger partial charge in [-0.3, -0.25) is 9.69 Å². The van der Waals surface area contributed by atoms with Gasteiger partial charge in [0, 0.05) is 44.0 Å². The van der Waals surface area contributed by atoms with Crippen LogP contribution in [0.5, 0.6) is 5.75 Å². The normalized spacial score (nSPS) is 14.9. The fourth-order valence-electron chi connectivity index (χ4n) is 4.14. The zero-order chi connectivity index (χ0) is 23.9. The summed E-state index contributed by atoms with van der Waals surface area (Å²) in [5.41, 5.74) is 2.05. The number of anilines is 1. The number of hydrogen-bond donors (Lipinski definition) is 1. The van der Waals surface area contributed by atoms with Crippen molar-refractivity contribution >= 4 is 17.6 Å². The Morgan fingerprint density at radius 2 is 1.62 bits per heavy atom. The third-order valence-corrected chi connectivity index (χ3v) is 6.09. The Morgan fingerprint density at radius 1 is 0.941 bits per heavy atom. The predicted octanol–water partition coefficient (Wildman–Crippen LogP) is 3.37. The summed E-state index contributed by atoms with van der Waals surface area (Å²) in [4.78, 5) is 29.0. The Morgan fingerprint density at radius 3 is 2.21 bits per heavy atom. The van der Waals surface area contributed by atoms with Gasteiger partial charge in [0.2, 0.25) is 0 Å². The van der Waals surface area contributed by atoms with E-state index < -0.39 is 5.97 Å². The van der Waals surface area contributed by atoms with Gasteiger partial charge in [-0.1, -0.05) is 0 Å². The molecule has 1 amide bonds. The van der Waals surface area contributed by atoms with Gasteiger partial charge in [0.1, 0.15) is 11.5 Å². The average molecular weight is 464 g/mol. The van der Waals surface area contributed by atoms with Crippen molar-refractivity contribution in [2.45, 2.75) is 6.04 Å². The molecule has 0 spiro atoms. The van der Waals surface area contributed by atoms with Crippen LogP contribution in [0, 0.1) is 0 Å². The minimum atomic E-state index is -0.432. The monoisotopic (exact) mass is 463 g/mol. The first-order valence-corrected chi connectivity index (χ1v) is 11.2. The number of methoxy groups -OCH3 is 2. The topological polar surface area (TPSA) is 84.2 Å². The molecule has 34 heavy (non-hydrogen) atoms. The number of hydrogen-bond acceptors (Lipinski definition) is 7. The van der Waals surface area contributed by atoms with Crippen LogP contribution in [0.4, 0.5) is 5.69 Å². The molecule has 1 N–H and O–H groups in total. The molecule has 2 heterocycles. The van der Waals surface area contributed by atoms with Gasteiger partial charge in [0.25, 0.3) is 5.91 Å². The molecule has 8 heteroatoms. The van der Waals surface area contributed by atoms with Crippen molar-refractivity contribution in [1.29, 1.82) is 0 Å². The lowest BCUT2D eigenvalue weighted by atomic mass is 10.1. The minimum absolute atomic E-state index is 0.0775. The number of rotatable bonds is 8. The van der Waals surface area contributed by atoms with Gasteiger partial charge >= 0.3 is 5.97 Å². The molecule has 0 radical (unpaired) electrons. The van der Waals surface area contributed by atoms with E-state index in [0.29, 0.717) is 17.7 Å². The highest BCUT2D eigenvalue weighted by atomic mass is 16.5. The molecule has 1 atom stereocenters. The molecule has 0 aliphatic carbocycles. The van der Waals surface area contributed by atoms with Crippen LogP contribution < -0.4 is 15.0 Å². The first kappa shape index (κ1) is 23.4. The smallest absolute Gasteiger partial charge is 0.337 e. The number of esters is 1. The number of carbonyl (C=O) groups is 2. The average Bonchev–Trinajstić information content (AvgIpc) is 3.43. The summed E-state index contributed by atoms with van der Waals surface area (Å²) in [6, 6.07) is 18.2. The number of nitrogens with zero attached hydrogens (tertiary/aromatic N) is 2. The molecule has 178 valence electrons. The number of ether oxygens (including phenoxy) is 2. The van der Waals surface area contributed by atoms with E-state index in [1.54, 1.807) is 37.6 Å². The highest BCUT2D eigenvalue weighted by Gasteiger charge is 2.27. The van der Waals surface area contributed by atoms with Crippen LogP contribution in [-0.4, -0.2) is 63.7 Å². The van der Waals surface area contributed by atoms with E-state index in [1.807, 2.05) is 24.3 Å². The van der Waals surface area contributed by atoms with Crippen LogP contribution >= 0.6 is 0 Å². The maximum Gasteiger partial charge on any atom is 0.337 e. The molecule has 4 rings (SSSR count). The van der Waals surface area contributed by atoms with Crippen LogP contribution in [0.2, 0.25) is 0 Å². The van der Waals surface area contributed by atoms with E-state index in [0.717, 1.165) is 37.7 Å². The fraction of sp³-hybridized carbons (Fsp3) is 0.308. The van der Waals surface area contributed by atoms with Crippen molar-refractivity contribution in [2.24, 2.45) is 0 Å². The highest BCUT2D eigenvalue weighted by molar-refractivity contribution is 5.96. The zero-order valence-electron chi connectivity index (χ0n) is 19.4. The lowest BCUT2D eigenvalue weighted by molar-refractivity contribution is 0.0600. The molecule has 3 aromatic rings. The Labute approximate surface area is 199 Å². The quantitative estimate of drug-likeness (QED) is 0.513. The van der Waals surface area contributed by atoms with Crippen molar-refractivity contribution in [3.8, 4) is 5.75 Å². The van der Waals surface area contributed by atoms with Gasteiger partial charge in [-0.25, -0.2) is 4.79 Å². The number of nitrogens with one attached hydrogen (secondary N) is 1. The molecule has 1 saturated heterocycles. The predicted molar refractivity (Wildman–Crippen MR) is 128 cm³/mol. The Bertz CT molecular complexity index is 1070. The SMILES string of the molecule is COC(=O)c1ccc(C(=O)NCC(c2ccco2)N2CCN(c3ccc(OC)cc3)CC2)cc1. The van der Waals surface area contributed by atoms with E-state index in [9.17, 15) is 9.59 Å². The minimum Gasteiger partial charge on any atom is -0.497 e. The third kappa shape index (κ3) is 5.40. The highest BCUT2D eigenvalue weighted by Crippen LogP contribution is 2.25. The Hall–Kier alpha value is -3.78. The first-order chi connectivity index (χ1) is 16.6. The summed E-state index contributed by atoms with van der Waals surface area (Å²) in [5, 5.41) is 3.02. The molecule has 0 saturated carbocycles. The largest absolute Gasteiger partial charge is 0.497 e. The molecule has 1 aromatic heterocycles. The van der Waals surface area contributed by atoms with E-state index in [-0.39, 0.29) is 11.9 Å². The van der Waals surface area contributed by atoms with Crippen LogP contribution in [0.1, 0.15) is 32.5 Å². The summed E-state index contributed by atoms with van der Waals surface area (Å²) < 4.78 is 15.7. The molecule has 1 aliphatic rings. The lowest BCUT2D eigenvalue weighted by Gasteiger charge is -2.39. The zero-order valence-corrected chi connectivity index (χ0v) is 19.4. The van der Waals surface area contributed by atoms with Crippen molar-refractivity contribution in [1.82, 2.24) is 10.2 Å². The molecule has 1 aliphatic heterocycles. The van der Waals surface area contributed by atoms with E-state index >= 15 is 0 Å². The molecule has 1 unspecified atom stereocenters. The summed E-state index contributed by atoms with van der Waals surface area (Å²) in [7, 11) is 2.99. The molecule has 8 nitrogen and oxygen atoms in total. The second-order valence-electron chi connectivity index (χ2n) is 8.03. The molecular formula is C26H29N3O5. The number of carbonyl (C=O) groups excluding carboxylic acids is 2. The summed E-state index contributed by atoms with van der Waals surface area (Å²) in [6.07, 6.45) is 1.66. The van der Waals surface area contributed by atoms with Gasteiger partial charge < -0.3 is 24.1 Å². The summed E-state index contributed by atoms with van der Waals surface area (Å²) >= 11 is 0. The number of piperazine rings is 1. The first-order valence-electron chi connectivity index (χ1n) is 11.2. The molecular weight excluding hydrogens is 434 g/mol. The van der Waals surface area contributed by atoms with Gasteiger partial charge in [-0.2, -0.15) is 0 Å². The Balaban J connectivity index is 1.38. The van der Waals surface area contributed by atoms with Crippen LogP contribution in [-0.2, 0) is 4.74 Å². The van der Waals surface area contributed by atoms with Gasteiger partial charge in [-0.05, 0) is 60.7 Å². The van der Waals surface area contributed by atoms with E-state index in [2.05, 4.69) is 27.2 Å². The van der Waals surface area contributed by atoms with Gasteiger partial charge in [0.15, 0.2) is 0 Å². The van der Waals surface area contributed by atoms with Crippen molar-refractivity contribution in [2.75, 3.05) is 51.8 Å². The molecule has 0 bridgehead atoms. The van der Waals surface area contributed by atoms with Crippen LogP contribution in [0.3, 0.4) is 0 Å². The Kier molecular flexibility index (Phi) is 7.49. The maximum absolute atomic E-state index is 12.7. The summed E-state index contributed by atoms with van der Waals surface area (Å²) in [5.74, 6) is 1.03. The maximum atomic E-state index is 12.7. The van der Waals surface area contributed by atoms with Crippen molar-refractivity contribution < 1.29 is 23.5 Å². The molecule has 2 aromatic carbocycles. The fourth-order valence-corrected chi connectivity index (χ4v) is 4.14. The van der Waals surface area contributed by atoms with E-state index in [1.165, 1.54) is 12.8 Å². The standard InChI is InChI=1S/C26H29N3O5/c1-32-22-11-9-21(10-12-22)28-13-15-29(16-14-28)23(24-4-3-17-34-24)18-27-25(30)19-5-7-20(8-6-19)26(31)33-2/h3-12,17,23H,13-16,18H2,1-2H3,(H,27,30). The van der Waals surface area contributed by atoms with Gasteiger partial charge in [-0.15, -0.1) is 0 Å². The number of amides is 1. The van der Waals surface area contributed by atoms with Crippen LogP contribution in [0.25, 0.3) is 0 Å². The second kappa shape index (κ2) is 10.9. The molecule has 1 fully saturated rings. The van der Waals surface area contributed by atoms with E-state index in [4.69, 9.17) is 13.9 Å². The third-order valence-electron chi connectivity index (χ3n) is 6.09. The van der Waals surface area contributed by atoms with Crippen molar-refractivity contribution in [3.05, 3.63) is 83.8 Å².